The van der Waals surface area contributed by atoms with Crippen LogP contribution in [0.3, 0.4) is 0 Å². The van der Waals surface area contributed by atoms with Crippen molar-refractivity contribution >= 4 is 33.8 Å². The zero-order valence-corrected chi connectivity index (χ0v) is 15.7. The number of benzene rings is 1. The topological polar surface area (TPSA) is 95.1 Å². The van der Waals surface area contributed by atoms with Crippen LogP contribution in [0.25, 0.3) is 0 Å². The van der Waals surface area contributed by atoms with Crippen LogP contribution in [-0.2, 0) is 19.6 Å². The predicted molar refractivity (Wildman–Crippen MR) is 97.5 cm³/mol. The van der Waals surface area contributed by atoms with Crippen LogP contribution in [0.2, 0.25) is 0 Å². The minimum absolute atomic E-state index is 0.0188. The maximum absolute atomic E-state index is 12.4. The molecule has 142 valence electrons. The van der Waals surface area contributed by atoms with Crippen molar-refractivity contribution in [2.75, 3.05) is 43.3 Å². The number of carbonyl (C=O) groups is 3. The van der Waals surface area contributed by atoms with E-state index in [0.29, 0.717) is 37.4 Å². The summed E-state index contributed by atoms with van der Waals surface area (Å²) in [5, 5.41) is 0. The van der Waals surface area contributed by atoms with E-state index in [4.69, 9.17) is 0 Å². The van der Waals surface area contributed by atoms with Crippen LogP contribution < -0.4 is 4.31 Å². The fourth-order valence-corrected chi connectivity index (χ4v) is 3.71. The third-order valence-electron chi connectivity index (χ3n) is 4.31. The highest BCUT2D eigenvalue weighted by Crippen LogP contribution is 2.19. The van der Waals surface area contributed by atoms with Gasteiger partial charge >= 0.3 is 0 Å². The Morgan fingerprint density at radius 1 is 1.12 bits per heavy atom. The Kier molecular flexibility index (Phi) is 6.36. The molecule has 2 rings (SSSR count). The van der Waals surface area contributed by atoms with Crippen LogP contribution in [-0.4, -0.2) is 75.3 Å². The molecule has 26 heavy (non-hydrogen) atoms. The van der Waals surface area contributed by atoms with Gasteiger partial charge < -0.3 is 9.80 Å². The van der Waals surface area contributed by atoms with E-state index in [1.807, 2.05) is 0 Å². The molecule has 1 saturated heterocycles. The van der Waals surface area contributed by atoms with E-state index >= 15 is 0 Å². The van der Waals surface area contributed by atoms with Crippen LogP contribution in [0.5, 0.6) is 0 Å². The summed E-state index contributed by atoms with van der Waals surface area (Å²) in [7, 11) is -3.57. The van der Waals surface area contributed by atoms with Crippen molar-refractivity contribution in [2.45, 2.75) is 13.3 Å². The summed E-state index contributed by atoms with van der Waals surface area (Å²) in [6, 6.07) is 6.25. The van der Waals surface area contributed by atoms with Gasteiger partial charge in [0.05, 0.1) is 11.9 Å². The van der Waals surface area contributed by atoms with Gasteiger partial charge in [0.25, 0.3) is 0 Å². The fraction of sp³-hybridized carbons (Fsp3) is 0.471. The second kappa shape index (κ2) is 8.31. The summed E-state index contributed by atoms with van der Waals surface area (Å²) in [5.41, 5.74) is 0.905. The highest BCUT2D eigenvalue weighted by molar-refractivity contribution is 7.92. The van der Waals surface area contributed by atoms with Crippen molar-refractivity contribution in [3.63, 3.8) is 0 Å². The van der Waals surface area contributed by atoms with Crippen molar-refractivity contribution in [3.8, 4) is 0 Å². The highest BCUT2D eigenvalue weighted by Gasteiger charge is 2.23. The molecular formula is C17H23N3O5S. The molecule has 0 aromatic heterocycles. The maximum Gasteiger partial charge on any atom is 0.232 e. The summed E-state index contributed by atoms with van der Waals surface area (Å²) in [6.45, 7) is 3.32. The molecule has 0 N–H and O–H groups in total. The van der Waals surface area contributed by atoms with E-state index in [2.05, 4.69) is 0 Å². The van der Waals surface area contributed by atoms with E-state index in [1.165, 1.54) is 6.92 Å². The van der Waals surface area contributed by atoms with Gasteiger partial charge in [-0.2, -0.15) is 0 Å². The SMILES string of the molecule is CC(=O)c1ccc(N(CCC(=O)N2CCN(C=O)CC2)S(C)(=O)=O)cc1. The Balaban J connectivity index is 2.03. The highest BCUT2D eigenvalue weighted by atomic mass is 32.2. The normalized spacial score (nSPS) is 14.8. The summed E-state index contributed by atoms with van der Waals surface area (Å²) in [4.78, 5) is 37.7. The number of Topliss-reactive ketones (excluding diaryl/α,β-unsaturated/α-hetero) is 1. The third-order valence-corrected chi connectivity index (χ3v) is 5.50. The predicted octanol–water partition coefficient (Wildman–Crippen LogP) is 0.346. The van der Waals surface area contributed by atoms with Gasteiger partial charge in [0.2, 0.25) is 22.3 Å². The Bertz CT molecular complexity index is 768. The molecule has 0 unspecified atom stereocenters. The summed E-state index contributed by atoms with van der Waals surface area (Å²) < 4.78 is 25.4. The van der Waals surface area contributed by atoms with E-state index in [0.717, 1.165) is 17.0 Å². The number of sulfonamides is 1. The van der Waals surface area contributed by atoms with Crippen molar-refractivity contribution in [1.29, 1.82) is 0 Å². The molecule has 9 heteroatoms. The Morgan fingerprint density at radius 3 is 2.15 bits per heavy atom. The van der Waals surface area contributed by atoms with E-state index < -0.39 is 10.0 Å². The lowest BCUT2D eigenvalue weighted by molar-refractivity contribution is -0.134. The molecule has 0 radical (unpaired) electrons. The Hall–Kier alpha value is -2.42. The molecule has 0 bridgehead atoms. The first-order valence-corrected chi connectivity index (χ1v) is 10.1. The first-order chi connectivity index (χ1) is 12.2. The Morgan fingerprint density at radius 2 is 1.69 bits per heavy atom. The van der Waals surface area contributed by atoms with Gasteiger partial charge in [-0.1, -0.05) is 0 Å². The minimum Gasteiger partial charge on any atom is -0.342 e. The third kappa shape index (κ3) is 5.04. The maximum atomic E-state index is 12.4. The van der Waals surface area contributed by atoms with Crippen LogP contribution >= 0.6 is 0 Å². The average molecular weight is 381 g/mol. The fourth-order valence-electron chi connectivity index (χ4n) is 2.78. The van der Waals surface area contributed by atoms with Crippen LogP contribution in [0.1, 0.15) is 23.7 Å². The molecule has 1 heterocycles. The number of ketones is 1. The van der Waals surface area contributed by atoms with Crippen molar-refractivity contribution in [1.82, 2.24) is 9.80 Å². The number of rotatable bonds is 7. The number of carbonyl (C=O) groups excluding carboxylic acids is 3. The average Bonchev–Trinajstić information content (AvgIpc) is 2.61. The molecule has 2 amide bonds. The van der Waals surface area contributed by atoms with Crippen molar-refractivity contribution < 1.29 is 22.8 Å². The lowest BCUT2D eigenvalue weighted by Gasteiger charge is -2.33. The molecule has 1 fully saturated rings. The van der Waals surface area contributed by atoms with Gasteiger partial charge in [0.1, 0.15) is 0 Å². The molecule has 1 aromatic rings. The molecule has 0 atom stereocenters. The van der Waals surface area contributed by atoms with Gasteiger partial charge in [0, 0.05) is 44.7 Å². The molecule has 0 saturated carbocycles. The summed E-state index contributed by atoms with van der Waals surface area (Å²) >= 11 is 0. The second-order valence-corrected chi connectivity index (χ2v) is 8.12. The zero-order chi connectivity index (χ0) is 19.3. The van der Waals surface area contributed by atoms with Gasteiger partial charge in [-0.3, -0.25) is 18.7 Å². The van der Waals surface area contributed by atoms with Gasteiger partial charge in [-0.15, -0.1) is 0 Å². The van der Waals surface area contributed by atoms with E-state index in [-0.39, 0.29) is 24.7 Å². The smallest absolute Gasteiger partial charge is 0.232 e. The summed E-state index contributed by atoms with van der Waals surface area (Å²) in [6.07, 6.45) is 1.89. The first-order valence-electron chi connectivity index (χ1n) is 8.28. The summed E-state index contributed by atoms with van der Waals surface area (Å²) in [5.74, 6) is -0.253. The second-order valence-electron chi connectivity index (χ2n) is 6.21. The molecule has 1 aliphatic heterocycles. The molecule has 1 aliphatic rings. The molecule has 8 nitrogen and oxygen atoms in total. The number of anilines is 1. The van der Waals surface area contributed by atoms with Gasteiger partial charge in [0.15, 0.2) is 5.78 Å². The lowest BCUT2D eigenvalue weighted by Crippen LogP contribution is -2.48. The minimum atomic E-state index is -3.57. The van der Waals surface area contributed by atoms with Crippen LogP contribution in [0.15, 0.2) is 24.3 Å². The quantitative estimate of drug-likeness (QED) is 0.502. The van der Waals surface area contributed by atoms with Gasteiger partial charge in [-0.05, 0) is 31.2 Å². The molecule has 1 aromatic carbocycles. The molecule has 0 spiro atoms. The van der Waals surface area contributed by atoms with E-state index in [1.54, 1.807) is 34.1 Å². The first kappa shape index (κ1) is 19.9. The van der Waals surface area contributed by atoms with Crippen molar-refractivity contribution in [2.24, 2.45) is 0 Å². The van der Waals surface area contributed by atoms with Crippen molar-refractivity contribution in [3.05, 3.63) is 29.8 Å². The molecule has 0 aliphatic carbocycles. The van der Waals surface area contributed by atoms with Crippen LogP contribution in [0, 0.1) is 0 Å². The van der Waals surface area contributed by atoms with Crippen LogP contribution in [0.4, 0.5) is 5.69 Å². The molecular weight excluding hydrogens is 358 g/mol. The zero-order valence-electron chi connectivity index (χ0n) is 14.9. The lowest BCUT2D eigenvalue weighted by atomic mass is 10.1. The van der Waals surface area contributed by atoms with Gasteiger partial charge in [-0.25, -0.2) is 8.42 Å². The number of nitrogens with zero attached hydrogens (tertiary/aromatic N) is 3. The Labute approximate surface area is 153 Å². The van der Waals surface area contributed by atoms with E-state index in [9.17, 15) is 22.8 Å². The standard InChI is InChI=1S/C17H23N3O5S/c1-14(22)15-3-5-16(6-4-15)20(26(2,24)25)8-7-17(23)19-11-9-18(13-21)10-12-19/h3-6,13H,7-12H2,1-2H3. The number of hydrogen-bond acceptors (Lipinski definition) is 5. The number of piperazine rings is 1. The number of amides is 2. The largest absolute Gasteiger partial charge is 0.342 e. The monoisotopic (exact) mass is 381 g/mol. The number of hydrogen-bond donors (Lipinski definition) is 0.